The first-order chi connectivity index (χ1) is 15.2. The average molecular weight is 509 g/mol. The van der Waals surface area contributed by atoms with Crippen molar-refractivity contribution in [3.05, 3.63) is 56.7 Å². The number of hydrogen-bond donors (Lipinski definition) is 1. The second-order valence-electron chi connectivity index (χ2n) is 6.35. The Kier molecular flexibility index (Phi) is 6.03. The summed E-state index contributed by atoms with van der Waals surface area (Å²) in [5.41, 5.74) is 0.363. The third kappa shape index (κ3) is 4.26. The van der Waals surface area contributed by atoms with E-state index in [1.165, 1.54) is 36.5 Å². The molecule has 0 spiro atoms. The lowest BCUT2D eigenvalue weighted by atomic mass is 10.1. The predicted molar refractivity (Wildman–Crippen MR) is 125 cm³/mol. The van der Waals surface area contributed by atoms with Crippen molar-refractivity contribution in [1.82, 2.24) is 5.01 Å². The fourth-order valence-electron chi connectivity index (χ4n) is 2.62. The number of fused-ring (bicyclic) bond motifs is 1. The minimum absolute atomic E-state index is 0.0121. The van der Waals surface area contributed by atoms with Crippen molar-refractivity contribution in [3.8, 4) is 5.75 Å². The Labute approximate surface area is 195 Å². The van der Waals surface area contributed by atoms with Crippen molar-refractivity contribution < 1.29 is 22.7 Å². The van der Waals surface area contributed by atoms with Gasteiger partial charge in [-0.3, -0.25) is 10.2 Å². The average Bonchev–Trinajstić information content (AvgIpc) is 3.43. The highest BCUT2D eigenvalue weighted by atomic mass is 35.5. The first kappa shape index (κ1) is 22.4. The van der Waals surface area contributed by atoms with Gasteiger partial charge in [-0.25, -0.2) is 13.2 Å². The number of amides is 1. The zero-order valence-electron chi connectivity index (χ0n) is 16.2. The lowest BCUT2D eigenvalue weighted by molar-refractivity contribution is -0.114. The van der Waals surface area contributed by atoms with Gasteiger partial charge in [-0.1, -0.05) is 30.7 Å². The second-order valence-corrected chi connectivity index (χ2v) is 11.1. The number of halogens is 1. The van der Waals surface area contributed by atoms with Gasteiger partial charge >= 0.3 is 5.97 Å². The molecule has 2 aliphatic heterocycles. The third-order valence-corrected chi connectivity index (χ3v) is 8.51. The van der Waals surface area contributed by atoms with Gasteiger partial charge < -0.3 is 4.74 Å². The SMILES string of the molecule is CCS(=O)(=O)C1=NN2C(=N)/C(=C/c3ccc(OC(=O)c4cccs4)c(Cl)c3)C(=O)N=C2S1. The molecule has 0 fully saturated rings. The summed E-state index contributed by atoms with van der Waals surface area (Å²) in [6.45, 7) is 1.48. The van der Waals surface area contributed by atoms with Crippen LogP contribution in [-0.2, 0) is 14.6 Å². The number of esters is 1. The number of nitrogens with one attached hydrogen (secondary N) is 1. The maximum Gasteiger partial charge on any atom is 0.353 e. The Morgan fingerprint density at radius 2 is 2.12 bits per heavy atom. The van der Waals surface area contributed by atoms with Crippen molar-refractivity contribution >= 4 is 77.9 Å². The van der Waals surface area contributed by atoms with E-state index in [0.717, 1.165) is 16.8 Å². The molecule has 0 radical (unpaired) electrons. The van der Waals surface area contributed by atoms with Gasteiger partial charge in [-0.05, 0) is 47.0 Å². The molecule has 0 atom stereocenters. The molecule has 164 valence electrons. The van der Waals surface area contributed by atoms with Crippen LogP contribution in [0.1, 0.15) is 22.2 Å². The van der Waals surface area contributed by atoms with Crippen LogP contribution in [0.3, 0.4) is 0 Å². The first-order valence-corrected chi connectivity index (χ1v) is 12.7. The highest BCUT2D eigenvalue weighted by Crippen LogP contribution is 2.32. The standard InChI is InChI=1S/C19H13ClN4O5S3/c1-2-32(27,28)19-23-24-15(21)11(16(25)22-18(24)31-19)8-10-5-6-13(12(20)9-10)29-17(26)14-4-3-7-30-14/h3-9,21H,2H2,1H3/b11-8-,21-15?. The van der Waals surface area contributed by atoms with Gasteiger partial charge in [-0.15, -0.1) is 16.4 Å². The van der Waals surface area contributed by atoms with E-state index in [-0.39, 0.29) is 37.5 Å². The summed E-state index contributed by atoms with van der Waals surface area (Å²) in [4.78, 5) is 28.9. The number of amidine groups is 2. The van der Waals surface area contributed by atoms with Gasteiger partial charge in [0, 0.05) is 0 Å². The Bertz CT molecular complexity index is 1350. The molecule has 1 aromatic heterocycles. The Hall–Kier alpha value is -2.80. The zero-order valence-corrected chi connectivity index (χ0v) is 19.4. The number of hydrazone groups is 1. The molecule has 1 N–H and O–H groups in total. The summed E-state index contributed by atoms with van der Waals surface area (Å²) < 4.78 is 29.2. The molecule has 0 saturated carbocycles. The van der Waals surface area contributed by atoms with E-state index >= 15 is 0 Å². The van der Waals surface area contributed by atoms with E-state index in [1.807, 2.05) is 0 Å². The molecule has 3 heterocycles. The number of thioether (sulfide) groups is 1. The number of sulfone groups is 1. The predicted octanol–water partition coefficient (Wildman–Crippen LogP) is 3.63. The summed E-state index contributed by atoms with van der Waals surface area (Å²) >= 11 is 8.20. The van der Waals surface area contributed by atoms with E-state index in [2.05, 4.69) is 10.1 Å². The van der Waals surface area contributed by atoms with Gasteiger partial charge in [0.15, 0.2) is 5.84 Å². The monoisotopic (exact) mass is 508 g/mol. The van der Waals surface area contributed by atoms with Crippen LogP contribution in [0, 0.1) is 5.41 Å². The van der Waals surface area contributed by atoms with E-state index in [9.17, 15) is 18.0 Å². The number of hydrogen-bond acceptors (Lipinski definition) is 9. The molecular formula is C19H13ClN4O5S3. The molecule has 9 nitrogen and oxygen atoms in total. The molecule has 0 saturated heterocycles. The Morgan fingerprint density at radius 1 is 1.34 bits per heavy atom. The number of carbonyl (C=O) groups excluding carboxylic acids is 2. The lowest BCUT2D eigenvalue weighted by Gasteiger charge is -2.20. The van der Waals surface area contributed by atoms with Gasteiger partial charge in [0.1, 0.15) is 10.6 Å². The molecule has 32 heavy (non-hydrogen) atoms. The maximum atomic E-state index is 12.5. The highest BCUT2D eigenvalue weighted by Gasteiger charge is 2.39. The van der Waals surface area contributed by atoms with E-state index in [0.29, 0.717) is 10.4 Å². The van der Waals surface area contributed by atoms with Crippen LogP contribution in [0.2, 0.25) is 5.02 Å². The minimum atomic E-state index is -3.61. The quantitative estimate of drug-likeness (QED) is 0.379. The molecule has 0 aliphatic carbocycles. The normalized spacial score (nSPS) is 17.3. The third-order valence-electron chi connectivity index (χ3n) is 4.27. The number of benzene rings is 1. The maximum absolute atomic E-state index is 12.5. The molecule has 4 rings (SSSR count). The molecular weight excluding hydrogens is 496 g/mol. The molecule has 0 unspecified atom stereocenters. The number of ether oxygens (including phenoxy) is 1. The van der Waals surface area contributed by atoms with Crippen LogP contribution < -0.4 is 4.74 Å². The van der Waals surface area contributed by atoms with Crippen LogP contribution in [0.4, 0.5) is 0 Å². The van der Waals surface area contributed by atoms with Crippen molar-refractivity contribution in [1.29, 1.82) is 5.41 Å². The number of nitrogens with zero attached hydrogens (tertiary/aromatic N) is 3. The zero-order chi connectivity index (χ0) is 23.0. The van der Waals surface area contributed by atoms with E-state index in [4.69, 9.17) is 21.7 Å². The fourth-order valence-corrected chi connectivity index (χ4v) is 5.62. The Balaban J connectivity index is 1.59. The van der Waals surface area contributed by atoms with Gasteiger partial charge in [0.25, 0.3) is 5.91 Å². The summed E-state index contributed by atoms with van der Waals surface area (Å²) in [7, 11) is -3.61. The molecule has 2 aromatic rings. The number of aliphatic imine (C=N–C) groups is 1. The summed E-state index contributed by atoms with van der Waals surface area (Å²) in [5, 5.41) is 15.2. The van der Waals surface area contributed by atoms with Crippen LogP contribution in [0.15, 0.2) is 51.4 Å². The largest absolute Gasteiger partial charge is 0.421 e. The number of rotatable bonds is 4. The Morgan fingerprint density at radius 3 is 2.78 bits per heavy atom. The first-order valence-electron chi connectivity index (χ1n) is 8.98. The van der Waals surface area contributed by atoms with Crippen LogP contribution in [-0.4, -0.2) is 46.4 Å². The summed E-state index contributed by atoms with van der Waals surface area (Å²) in [6.07, 6.45) is 1.38. The summed E-state index contributed by atoms with van der Waals surface area (Å²) in [5.74, 6) is -1.57. The van der Waals surface area contributed by atoms with Crippen LogP contribution in [0.5, 0.6) is 5.75 Å². The molecule has 0 bridgehead atoms. The van der Waals surface area contributed by atoms with Crippen molar-refractivity contribution in [2.75, 3.05) is 5.75 Å². The van der Waals surface area contributed by atoms with Gasteiger partial charge in [0.2, 0.25) is 19.4 Å². The van der Waals surface area contributed by atoms with Crippen LogP contribution >= 0.6 is 34.7 Å². The lowest BCUT2D eigenvalue weighted by Crippen LogP contribution is -2.35. The summed E-state index contributed by atoms with van der Waals surface area (Å²) in [6, 6.07) is 7.86. The van der Waals surface area contributed by atoms with Crippen LogP contribution in [0.25, 0.3) is 6.08 Å². The van der Waals surface area contributed by atoms with E-state index < -0.39 is 21.7 Å². The van der Waals surface area contributed by atoms with Gasteiger partial charge in [-0.2, -0.15) is 10.0 Å². The number of carbonyl (C=O) groups is 2. The van der Waals surface area contributed by atoms with Crippen molar-refractivity contribution in [2.45, 2.75) is 6.92 Å². The molecule has 1 amide bonds. The van der Waals surface area contributed by atoms with Crippen molar-refractivity contribution in [3.63, 3.8) is 0 Å². The van der Waals surface area contributed by atoms with Gasteiger partial charge in [0.05, 0.1) is 16.3 Å². The highest BCUT2D eigenvalue weighted by molar-refractivity contribution is 8.42. The second kappa shape index (κ2) is 8.62. The topological polar surface area (TPSA) is 129 Å². The van der Waals surface area contributed by atoms with Crippen molar-refractivity contribution in [2.24, 2.45) is 10.1 Å². The molecule has 13 heteroatoms. The minimum Gasteiger partial charge on any atom is -0.421 e. The number of thiophene rings is 1. The molecule has 2 aliphatic rings. The molecule has 1 aromatic carbocycles. The fraction of sp³-hybridized carbons (Fsp3) is 0.105. The van der Waals surface area contributed by atoms with E-state index in [1.54, 1.807) is 23.6 Å². The smallest absolute Gasteiger partial charge is 0.353 e.